The van der Waals surface area contributed by atoms with E-state index in [2.05, 4.69) is 76.9 Å². The van der Waals surface area contributed by atoms with Crippen molar-refractivity contribution < 1.29 is 9.53 Å². The first-order valence-corrected chi connectivity index (χ1v) is 14.6. The Morgan fingerprint density at radius 3 is 2.76 bits per heavy atom. The molecule has 2 aromatic carbocycles. The highest BCUT2D eigenvalue weighted by atomic mass is 16.5. The van der Waals surface area contributed by atoms with Crippen LogP contribution in [0.15, 0.2) is 55.1 Å². The second kappa shape index (κ2) is 11.8. The molecule has 6 rings (SSSR count). The molecule has 1 amide bonds. The van der Waals surface area contributed by atoms with E-state index in [0.29, 0.717) is 44.8 Å². The predicted molar refractivity (Wildman–Crippen MR) is 160 cm³/mol. The summed E-state index contributed by atoms with van der Waals surface area (Å²) in [5.74, 6) is 0.737. The minimum absolute atomic E-state index is 0.134. The van der Waals surface area contributed by atoms with E-state index in [1.165, 1.54) is 29.0 Å². The maximum atomic E-state index is 12.5. The van der Waals surface area contributed by atoms with Crippen molar-refractivity contribution in [2.24, 2.45) is 0 Å². The van der Waals surface area contributed by atoms with E-state index in [4.69, 9.17) is 14.7 Å². The lowest BCUT2D eigenvalue weighted by molar-refractivity contribution is -0.128. The summed E-state index contributed by atoms with van der Waals surface area (Å²) in [7, 11) is 2.14. The van der Waals surface area contributed by atoms with Gasteiger partial charge in [-0.3, -0.25) is 4.79 Å². The van der Waals surface area contributed by atoms with Crippen molar-refractivity contribution in [1.29, 1.82) is 5.26 Å². The topological polar surface area (TPSA) is 88.8 Å². The summed E-state index contributed by atoms with van der Waals surface area (Å²) < 4.78 is 6.28. The summed E-state index contributed by atoms with van der Waals surface area (Å²) in [6.45, 7) is 8.48. The molecule has 1 aromatic heterocycles. The molecule has 0 N–H and O–H groups in total. The van der Waals surface area contributed by atoms with E-state index in [9.17, 15) is 10.1 Å². The summed E-state index contributed by atoms with van der Waals surface area (Å²) in [4.78, 5) is 31.2. The van der Waals surface area contributed by atoms with Crippen molar-refractivity contribution in [1.82, 2.24) is 19.8 Å². The predicted octanol–water partition coefficient (Wildman–Crippen LogP) is 3.78. The van der Waals surface area contributed by atoms with E-state index in [0.717, 1.165) is 43.0 Å². The largest absolute Gasteiger partial charge is 0.462 e. The van der Waals surface area contributed by atoms with Gasteiger partial charge in [-0.1, -0.05) is 43.0 Å². The quantitative estimate of drug-likeness (QED) is 0.410. The number of anilines is 2. The molecule has 2 saturated heterocycles. The Morgan fingerprint density at radius 1 is 1.10 bits per heavy atom. The number of likely N-dealkylation sites (tertiary alicyclic amines) is 1. The van der Waals surface area contributed by atoms with Gasteiger partial charge in [0.05, 0.1) is 30.8 Å². The number of carbonyl (C=O) groups excluding carboxylic acids is 1. The SMILES string of the molecule is C=CC(=O)N1CCN(c2nc(OC[C@H]3CCCN3C)nc3c2CCN(c2cccc4ccccc24)C3)C[C@@H]1CC#N. The molecule has 3 aromatic rings. The number of carbonyl (C=O) groups is 1. The van der Waals surface area contributed by atoms with Crippen molar-refractivity contribution >= 4 is 28.2 Å². The van der Waals surface area contributed by atoms with Crippen LogP contribution in [0, 0.1) is 11.3 Å². The van der Waals surface area contributed by atoms with Gasteiger partial charge in [0.1, 0.15) is 12.4 Å². The molecule has 0 spiro atoms. The Morgan fingerprint density at radius 2 is 1.95 bits per heavy atom. The fraction of sp³-hybridized carbons (Fsp3) is 0.438. The van der Waals surface area contributed by atoms with Gasteiger partial charge in [0, 0.05) is 48.9 Å². The summed E-state index contributed by atoms with van der Waals surface area (Å²) in [6.07, 6.45) is 4.68. The molecule has 9 heteroatoms. The fourth-order valence-electron chi connectivity index (χ4n) is 6.50. The van der Waals surface area contributed by atoms with Crippen LogP contribution in [0.3, 0.4) is 0 Å². The van der Waals surface area contributed by atoms with Gasteiger partial charge < -0.3 is 24.3 Å². The summed E-state index contributed by atoms with van der Waals surface area (Å²) >= 11 is 0. The molecular formula is C32H37N7O2. The molecule has 41 heavy (non-hydrogen) atoms. The van der Waals surface area contributed by atoms with Crippen LogP contribution in [0.1, 0.15) is 30.5 Å². The second-order valence-corrected chi connectivity index (χ2v) is 11.2. The summed E-state index contributed by atoms with van der Waals surface area (Å²) in [5.41, 5.74) is 3.31. The zero-order valence-corrected chi connectivity index (χ0v) is 23.7. The first-order chi connectivity index (χ1) is 20.1. The minimum Gasteiger partial charge on any atom is -0.462 e. The van der Waals surface area contributed by atoms with Crippen LogP contribution >= 0.6 is 0 Å². The van der Waals surface area contributed by atoms with Crippen LogP contribution in [0.2, 0.25) is 0 Å². The molecule has 0 radical (unpaired) electrons. The van der Waals surface area contributed by atoms with Crippen LogP contribution in [-0.4, -0.2) is 84.1 Å². The number of nitrogens with zero attached hydrogens (tertiary/aromatic N) is 7. The molecule has 2 atom stereocenters. The Kier molecular flexibility index (Phi) is 7.75. The number of aromatic nitrogens is 2. The maximum absolute atomic E-state index is 12.5. The van der Waals surface area contributed by atoms with Gasteiger partial charge in [-0.2, -0.15) is 15.2 Å². The third kappa shape index (κ3) is 5.44. The van der Waals surface area contributed by atoms with Gasteiger partial charge in [0.15, 0.2) is 0 Å². The number of hydrogen-bond acceptors (Lipinski definition) is 8. The number of amides is 1. The number of benzene rings is 2. The van der Waals surface area contributed by atoms with Crippen LogP contribution in [0.4, 0.5) is 11.5 Å². The summed E-state index contributed by atoms with van der Waals surface area (Å²) in [6, 6.07) is 17.7. The smallest absolute Gasteiger partial charge is 0.318 e. The van der Waals surface area contributed by atoms with E-state index >= 15 is 0 Å². The third-order valence-electron chi connectivity index (χ3n) is 8.77. The lowest BCUT2D eigenvalue weighted by atomic mass is 10.0. The number of fused-ring (bicyclic) bond motifs is 2. The molecule has 0 saturated carbocycles. The highest BCUT2D eigenvalue weighted by Crippen LogP contribution is 2.35. The van der Waals surface area contributed by atoms with E-state index < -0.39 is 0 Å². The molecular weight excluding hydrogens is 514 g/mol. The molecule has 0 unspecified atom stereocenters. The zero-order chi connectivity index (χ0) is 28.3. The number of hydrogen-bond donors (Lipinski definition) is 0. The van der Waals surface area contributed by atoms with E-state index in [1.807, 2.05) is 0 Å². The van der Waals surface area contributed by atoms with Crippen molar-refractivity contribution in [2.75, 3.05) is 56.2 Å². The second-order valence-electron chi connectivity index (χ2n) is 11.2. The van der Waals surface area contributed by atoms with Gasteiger partial charge in [0.25, 0.3) is 0 Å². The highest BCUT2D eigenvalue weighted by molar-refractivity contribution is 5.94. The average Bonchev–Trinajstić information content (AvgIpc) is 3.43. The first-order valence-electron chi connectivity index (χ1n) is 14.6. The molecule has 9 nitrogen and oxygen atoms in total. The average molecular weight is 552 g/mol. The van der Waals surface area contributed by atoms with Crippen molar-refractivity contribution in [3.8, 4) is 12.1 Å². The van der Waals surface area contributed by atoms with Gasteiger partial charge in [-0.15, -0.1) is 0 Å². The molecule has 4 heterocycles. The number of rotatable bonds is 7. The lowest BCUT2D eigenvalue weighted by Crippen LogP contribution is -2.55. The van der Waals surface area contributed by atoms with Crippen LogP contribution < -0.4 is 14.5 Å². The van der Waals surface area contributed by atoms with Crippen molar-refractivity contribution in [2.45, 2.75) is 44.3 Å². The molecule has 0 aliphatic carbocycles. The Hall–Kier alpha value is -4.16. The highest BCUT2D eigenvalue weighted by Gasteiger charge is 2.33. The van der Waals surface area contributed by atoms with Crippen molar-refractivity contribution in [3.63, 3.8) is 0 Å². The number of piperazine rings is 1. The Balaban J connectivity index is 1.33. The maximum Gasteiger partial charge on any atom is 0.318 e. The number of likely N-dealkylation sites (N-methyl/N-ethyl adjacent to an activating group) is 1. The summed E-state index contributed by atoms with van der Waals surface area (Å²) in [5, 5.41) is 12.0. The molecule has 3 aliphatic heterocycles. The Bertz CT molecular complexity index is 1480. The van der Waals surface area contributed by atoms with Crippen LogP contribution in [-0.2, 0) is 17.8 Å². The third-order valence-corrected chi connectivity index (χ3v) is 8.77. The van der Waals surface area contributed by atoms with Crippen LogP contribution in [0.5, 0.6) is 6.01 Å². The minimum atomic E-state index is -0.225. The first kappa shape index (κ1) is 27.0. The van der Waals surface area contributed by atoms with Crippen molar-refractivity contribution in [3.05, 3.63) is 66.4 Å². The van der Waals surface area contributed by atoms with Gasteiger partial charge in [-0.05, 0) is 50.4 Å². The zero-order valence-electron chi connectivity index (χ0n) is 23.7. The molecule has 2 fully saturated rings. The van der Waals surface area contributed by atoms with Gasteiger partial charge >= 0.3 is 6.01 Å². The Labute approximate surface area is 241 Å². The molecule has 0 bridgehead atoms. The van der Waals surface area contributed by atoms with E-state index in [1.54, 1.807) is 4.90 Å². The standard InChI is InChI=1S/C32H37N7O2/c1-3-30(40)39-19-18-38(20-24(39)13-15-33)31-27-14-17-37(29-12-6-9-23-8-4-5-11-26(23)29)21-28(27)34-32(35-31)41-22-25-10-7-16-36(25)2/h3-6,8-9,11-12,24-25H,1,7,10,13-14,16-22H2,2H3/t24-,25+/m0/s1. The van der Waals surface area contributed by atoms with Gasteiger partial charge in [0.2, 0.25) is 5.91 Å². The molecule has 3 aliphatic rings. The number of nitriles is 1. The monoisotopic (exact) mass is 551 g/mol. The molecule has 212 valence electrons. The lowest BCUT2D eigenvalue weighted by Gasteiger charge is -2.42. The fourth-order valence-corrected chi connectivity index (χ4v) is 6.50. The van der Waals surface area contributed by atoms with Crippen LogP contribution in [0.25, 0.3) is 10.8 Å². The van der Waals surface area contributed by atoms with Gasteiger partial charge in [-0.25, -0.2) is 0 Å². The van der Waals surface area contributed by atoms with E-state index in [-0.39, 0.29) is 18.4 Å². The normalized spacial score (nSPS) is 21.0. The number of ether oxygens (including phenoxy) is 1.